The van der Waals surface area contributed by atoms with E-state index < -0.39 is 5.97 Å². The van der Waals surface area contributed by atoms with Crippen molar-refractivity contribution < 1.29 is 9.90 Å². The summed E-state index contributed by atoms with van der Waals surface area (Å²) in [5, 5.41) is 8.89. The second-order valence-electron chi connectivity index (χ2n) is 4.29. The zero-order valence-electron chi connectivity index (χ0n) is 8.93. The second kappa shape index (κ2) is 3.31. The van der Waals surface area contributed by atoms with E-state index in [4.69, 9.17) is 5.11 Å². The molecular formula is C11H12N2O2S. The lowest BCUT2D eigenvalue weighted by Gasteiger charge is -2.17. The predicted molar refractivity (Wildman–Crippen MR) is 61.4 cm³/mol. The number of hydrogen-bond donors (Lipinski definition) is 1. The van der Waals surface area contributed by atoms with Crippen LogP contribution in [0.3, 0.4) is 0 Å². The first-order valence-electron chi connectivity index (χ1n) is 5.41. The number of aromatic carboxylic acids is 1. The molecule has 0 aromatic carbocycles. The highest BCUT2D eigenvalue weighted by atomic mass is 32.1. The molecule has 2 aromatic rings. The molecule has 84 valence electrons. The molecule has 0 fully saturated rings. The predicted octanol–water partition coefficient (Wildman–Crippen LogP) is 2.53. The lowest BCUT2D eigenvalue weighted by atomic mass is 9.93. The van der Waals surface area contributed by atoms with Crippen LogP contribution in [0.15, 0.2) is 6.20 Å². The number of aryl methyl sites for hydroxylation is 1. The molecule has 4 nitrogen and oxygen atoms in total. The molecule has 0 bridgehead atoms. The molecule has 5 heteroatoms. The highest BCUT2D eigenvalue weighted by Gasteiger charge is 2.23. The largest absolute Gasteiger partial charge is 0.476 e. The summed E-state index contributed by atoms with van der Waals surface area (Å²) in [7, 11) is 0. The maximum atomic E-state index is 10.8. The third-order valence-electron chi connectivity index (χ3n) is 3.17. The van der Waals surface area contributed by atoms with Crippen molar-refractivity contribution in [2.24, 2.45) is 0 Å². The molecule has 0 amide bonds. The maximum absolute atomic E-state index is 10.8. The number of imidazole rings is 1. The zero-order chi connectivity index (χ0) is 11.3. The Bertz CT molecular complexity index is 570. The Morgan fingerprint density at radius 3 is 3.25 bits per heavy atom. The number of thiazole rings is 1. The molecule has 0 saturated carbocycles. The summed E-state index contributed by atoms with van der Waals surface area (Å²) < 4.78 is 1.96. The lowest BCUT2D eigenvalue weighted by Crippen LogP contribution is -2.06. The number of carboxylic acids is 1. The normalized spacial score (nSPS) is 19.9. The molecule has 0 spiro atoms. The highest BCUT2D eigenvalue weighted by molar-refractivity contribution is 7.17. The van der Waals surface area contributed by atoms with E-state index in [0.29, 0.717) is 5.92 Å². The van der Waals surface area contributed by atoms with Gasteiger partial charge < -0.3 is 5.11 Å². The van der Waals surface area contributed by atoms with Crippen LogP contribution in [-0.4, -0.2) is 20.5 Å². The van der Waals surface area contributed by atoms with E-state index in [1.54, 1.807) is 17.5 Å². The summed E-state index contributed by atoms with van der Waals surface area (Å²) in [6, 6.07) is 0. The Morgan fingerprint density at radius 2 is 2.50 bits per heavy atom. The molecule has 1 aliphatic rings. The third-order valence-corrected chi connectivity index (χ3v) is 4.50. The fourth-order valence-electron chi connectivity index (χ4n) is 2.34. The molecule has 0 aliphatic heterocycles. The van der Waals surface area contributed by atoms with Gasteiger partial charge in [-0.2, -0.15) is 0 Å². The maximum Gasteiger partial charge on any atom is 0.356 e. The van der Waals surface area contributed by atoms with E-state index in [0.717, 1.165) is 11.4 Å². The third kappa shape index (κ3) is 1.28. The van der Waals surface area contributed by atoms with E-state index in [1.807, 2.05) is 4.40 Å². The number of hydrogen-bond acceptors (Lipinski definition) is 3. The van der Waals surface area contributed by atoms with Crippen LogP contribution in [0, 0.1) is 0 Å². The number of nitrogens with zero attached hydrogens (tertiary/aromatic N) is 2. The molecule has 1 N–H and O–H groups in total. The summed E-state index contributed by atoms with van der Waals surface area (Å²) in [5.74, 6) is -0.364. The van der Waals surface area contributed by atoms with Crippen molar-refractivity contribution in [1.82, 2.24) is 9.38 Å². The summed E-state index contributed by atoms with van der Waals surface area (Å²) in [6.45, 7) is 2.23. The van der Waals surface area contributed by atoms with Gasteiger partial charge in [-0.3, -0.25) is 4.40 Å². The number of fused-ring (bicyclic) bond motifs is 3. The van der Waals surface area contributed by atoms with Gasteiger partial charge in [0.25, 0.3) is 0 Å². The van der Waals surface area contributed by atoms with Crippen molar-refractivity contribution in [3.8, 4) is 0 Å². The SMILES string of the molecule is CC1CCCc2c1sc1nc(C(=O)O)cn21. The molecule has 2 heterocycles. The molecular weight excluding hydrogens is 224 g/mol. The first-order valence-corrected chi connectivity index (χ1v) is 6.22. The van der Waals surface area contributed by atoms with Crippen LogP contribution in [0.4, 0.5) is 0 Å². The van der Waals surface area contributed by atoms with Crippen LogP contribution in [0.1, 0.15) is 46.7 Å². The first kappa shape index (κ1) is 9.84. The Kier molecular flexibility index (Phi) is 2.04. The summed E-state index contributed by atoms with van der Waals surface area (Å²) >= 11 is 1.63. The summed E-state index contributed by atoms with van der Waals surface area (Å²) in [4.78, 5) is 17.2. The number of carbonyl (C=O) groups is 1. The Labute approximate surface area is 96.5 Å². The van der Waals surface area contributed by atoms with Crippen LogP contribution in [0.25, 0.3) is 4.96 Å². The fourth-order valence-corrected chi connectivity index (χ4v) is 3.58. The molecule has 0 saturated heterocycles. The van der Waals surface area contributed by atoms with Gasteiger partial charge in [0.2, 0.25) is 0 Å². The van der Waals surface area contributed by atoms with Gasteiger partial charge in [0.15, 0.2) is 10.7 Å². The van der Waals surface area contributed by atoms with E-state index in [-0.39, 0.29) is 5.69 Å². The van der Waals surface area contributed by atoms with Gasteiger partial charge in [-0.25, -0.2) is 9.78 Å². The minimum absolute atomic E-state index is 0.146. The zero-order valence-corrected chi connectivity index (χ0v) is 9.75. The van der Waals surface area contributed by atoms with Gasteiger partial charge in [0.1, 0.15) is 0 Å². The summed E-state index contributed by atoms with van der Waals surface area (Å²) in [5.41, 5.74) is 1.41. The second-order valence-corrected chi connectivity index (χ2v) is 5.30. The monoisotopic (exact) mass is 236 g/mol. The lowest BCUT2D eigenvalue weighted by molar-refractivity contribution is 0.0691. The van der Waals surface area contributed by atoms with Crippen molar-refractivity contribution in [3.63, 3.8) is 0 Å². The molecule has 16 heavy (non-hydrogen) atoms. The number of aromatic nitrogens is 2. The van der Waals surface area contributed by atoms with Crippen molar-refractivity contribution in [2.45, 2.75) is 32.1 Å². The molecule has 1 aliphatic carbocycles. The summed E-state index contributed by atoms with van der Waals surface area (Å²) in [6.07, 6.45) is 5.09. The average Bonchev–Trinajstić information content (AvgIpc) is 2.76. The van der Waals surface area contributed by atoms with Gasteiger partial charge in [0.05, 0.1) is 0 Å². The van der Waals surface area contributed by atoms with Gasteiger partial charge in [0, 0.05) is 16.8 Å². The quantitative estimate of drug-likeness (QED) is 0.827. The van der Waals surface area contributed by atoms with Gasteiger partial charge >= 0.3 is 5.97 Å². The van der Waals surface area contributed by atoms with Crippen LogP contribution in [0.2, 0.25) is 0 Å². The van der Waals surface area contributed by atoms with Crippen molar-refractivity contribution in [1.29, 1.82) is 0 Å². The van der Waals surface area contributed by atoms with Crippen molar-refractivity contribution >= 4 is 22.3 Å². The Morgan fingerprint density at radius 1 is 1.69 bits per heavy atom. The fraction of sp³-hybridized carbons (Fsp3) is 0.455. The van der Waals surface area contributed by atoms with Gasteiger partial charge in [-0.1, -0.05) is 6.92 Å². The van der Waals surface area contributed by atoms with Gasteiger partial charge in [-0.05, 0) is 25.2 Å². The number of carboxylic acid groups (broad SMARTS) is 1. The smallest absolute Gasteiger partial charge is 0.356 e. The van der Waals surface area contributed by atoms with Crippen molar-refractivity contribution in [3.05, 3.63) is 22.5 Å². The average molecular weight is 236 g/mol. The highest BCUT2D eigenvalue weighted by Crippen LogP contribution is 2.37. The minimum Gasteiger partial charge on any atom is -0.476 e. The Balaban J connectivity index is 2.21. The van der Waals surface area contributed by atoms with Crippen LogP contribution >= 0.6 is 11.3 Å². The molecule has 2 aromatic heterocycles. The standard InChI is InChI=1S/C11H12N2O2S/c1-6-3-2-4-8-9(6)16-11-12-7(10(14)15)5-13(8)11/h5-6H,2-4H2,1H3,(H,14,15). The number of rotatable bonds is 1. The Hall–Kier alpha value is -1.36. The van der Waals surface area contributed by atoms with E-state index >= 15 is 0 Å². The van der Waals surface area contributed by atoms with Crippen molar-refractivity contribution in [2.75, 3.05) is 0 Å². The molecule has 0 radical (unpaired) electrons. The van der Waals surface area contributed by atoms with Crippen LogP contribution < -0.4 is 0 Å². The minimum atomic E-state index is -0.950. The topological polar surface area (TPSA) is 54.6 Å². The van der Waals surface area contributed by atoms with Crippen LogP contribution in [0.5, 0.6) is 0 Å². The first-order chi connectivity index (χ1) is 7.66. The van der Waals surface area contributed by atoms with Crippen LogP contribution in [-0.2, 0) is 6.42 Å². The molecule has 3 rings (SSSR count). The molecule has 1 atom stereocenters. The molecule has 1 unspecified atom stereocenters. The van der Waals surface area contributed by atoms with E-state index in [9.17, 15) is 4.79 Å². The van der Waals surface area contributed by atoms with Gasteiger partial charge in [-0.15, -0.1) is 11.3 Å². The van der Waals surface area contributed by atoms with E-state index in [2.05, 4.69) is 11.9 Å². The van der Waals surface area contributed by atoms with E-state index in [1.165, 1.54) is 23.4 Å².